The van der Waals surface area contributed by atoms with Crippen LogP contribution >= 0.6 is 23.7 Å². The maximum absolute atomic E-state index is 13.9. The number of nitrogens with zero attached hydrogens (tertiary/aromatic N) is 4. The molecule has 1 fully saturated rings. The summed E-state index contributed by atoms with van der Waals surface area (Å²) in [6.07, 6.45) is 0.764. The van der Waals surface area contributed by atoms with Crippen LogP contribution in [0.25, 0.3) is 10.2 Å². The first kappa shape index (κ1) is 31.7. The molecule has 0 spiro atoms. The number of ether oxygens (including phenoxy) is 2. The normalized spacial score (nSPS) is 13.9. The first-order valence-electron chi connectivity index (χ1n) is 13.7. The molecule has 5 rings (SSSR count). The minimum Gasteiger partial charge on any atom is -0.494 e. The highest BCUT2D eigenvalue weighted by Gasteiger charge is 2.25. The third-order valence-electron chi connectivity index (χ3n) is 6.97. The van der Waals surface area contributed by atoms with Crippen LogP contribution in [0.3, 0.4) is 0 Å². The van der Waals surface area contributed by atoms with Gasteiger partial charge in [0.2, 0.25) is 0 Å². The van der Waals surface area contributed by atoms with Crippen molar-refractivity contribution in [2.75, 3.05) is 62.3 Å². The molecule has 0 N–H and O–H groups in total. The molecule has 0 unspecified atom stereocenters. The number of aromatic nitrogens is 1. The van der Waals surface area contributed by atoms with Gasteiger partial charge in [0.1, 0.15) is 5.75 Å². The largest absolute Gasteiger partial charge is 0.494 e. The van der Waals surface area contributed by atoms with E-state index in [4.69, 9.17) is 14.5 Å². The molecule has 3 aromatic carbocycles. The molecule has 1 amide bonds. The summed E-state index contributed by atoms with van der Waals surface area (Å²) in [5, 5.41) is 0.598. The zero-order valence-electron chi connectivity index (χ0n) is 23.6. The van der Waals surface area contributed by atoms with Crippen LogP contribution in [0.4, 0.5) is 10.8 Å². The fraction of sp³-hybridized carbons (Fsp3) is 0.333. The van der Waals surface area contributed by atoms with Crippen LogP contribution < -0.4 is 13.9 Å². The van der Waals surface area contributed by atoms with Gasteiger partial charge in [-0.25, -0.2) is 13.4 Å². The van der Waals surface area contributed by atoms with Crippen LogP contribution in [0.15, 0.2) is 77.7 Å². The Morgan fingerprint density at radius 1 is 1.05 bits per heavy atom. The fourth-order valence-electron chi connectivity index (χ4n) is 4.69. The summed E-state index contributed by atoms with van der Waals surface area (Å²) in [7, 11) is -2.27. The number of amides is 1. The molecule has 0 atom stereocenters. The van der Waals surface area contributed by atoms with Gasteiger partial charge in [0, 0.05) is 38.8 Å². The van der Waals surface area contributed by atoms with E-state index in [1.165, 1.54) is 34.8 Å². The van der Waals surface area contributed by atoms with Crippen LogP contribution in [0.5, 0.6) is 5.75 Å². The Balaban J connectivity index is 0.00000405. The average Bonchev–Trinajstić information content (AvgIpc) is 3.43. The van der Waals surface area contributed by atoms with Gasteiger partial charge < -0.3 is 9.47 Å². The summed E-state index contributed by atoms with van der Waals surface area (Å²) in [6, 6.07) is 20.7. The third kappa shape index (κ3) is 7.22. The minimum atomic E-state index is -3.79. The van der Waals surface area contributed by atoms with E-state index in [9.17, 15) is 13.2 Å². The SMILES string of the molecule is CCOc1ccc2nc(N(CCCN3CCOCC3)C(=O)c3ccc(S(=O)(=O)N(C)c4ccccc4)cc3)sc2c1.Cl. The van der Waals surface area contributed by atoms with Crippen molar-refractivity contribution in [2.24, 2.45) is 0 Å². The molecule has 0 radical (unpaired) electrons. The van der Waals surface area contributed by atoms with Crippen LogP contribution in [0.2, 0.25) is 0 Å². The van der Waals surface area contributed by atoms with Gasteiger partial charge in [-0.2, -0.15) is 0 Å². The molecule has 12 heteroatoms. The number of halogens is 1. The van der Waals surface area contributed by atoms with E-state index in [1.807, 2.05) is 31.2 Å². The number of carbonyl (C=O) groups is 1. The van der Waals surface area contributed by atoms with Crippen molar-refractivity contribution >= 4 is 60.7 Å². The number of hydrogen-bond acceptors (Lipinski definition) is 8. The molecular formula is C30H35ClN4O5S2. The summed E-state index contributed by atoms with van der Waals surface area (Å²) < 4.78 is 39.7. The topological polar surface area (TPSA) is 92.3 Å². The van der Waals surface area contributed by atoms with Gasteiger partial charge in [-0.3, -0.25) is 18.9 Å². The average molecular weight is 631 g/mol. The lowest BCUT2D eigenvalue weighted by Crippen LogP contribution is -2.39. The minimum absolute atomic E-state index is 0. The Bertz CT molecular complexity index is 1580. The Morgan fingerprint density at radius 3 is 2.45 bits per heavy atom. The van der Waals surface area contributed by atoms with Gasteiger partial charge in [0.15, 0.2) is 5.13 Å². The van der Waals surface area contributed by atoms with Gasteiger partial charge in [0.05, 0.1) is 40.6 Å². The van der Waals surface area contributed by atoms with E-state index in [-0.39, 0.29) is 23.2 Å². The first-order valence-corrected chi connectivity index (χ1v) is 15.9. The quantitative estimate of drug-likeness (QED) is 0.222. The standard InChI is InChI=1S/C30H34N4O5S2.ClH/c1-3-39-25-12-15-27-28(22-25)40-30(31-27)34(17-7-16-33-18-20-38-21-19-33)29(35)23-10-13-26(14-11-23)41(36,37)32(2)24-8-5-4-6-9-24;/h4-6,8-15,22H,3,7,16-21H2,1-2H3;1H. The molecule has 1 aliphatic heterocycles. The Hall–Kier alpha value is -3.22. The smallest absolute Gasteiger partial charge is 0.264 e. The number of rotatable bonds is 11. The number of thiazole rings is 1. The number of hydrogen-bond donors (Lipinski definition) is 0. The van der Waals surface area contributed by atoms with Crippen LogP contribution in [0.1, 0.15) is 23.7 Å². The zero-order chi connectivity index (χ0) is 28.8. The second kappa shape index (κ2) is 14.3. The van der Waals surface area contributed by atoms with Crippen molar-refractivity contribution < 1.29 is 22.7 Å². The van der Waals surface area contributed by atoms with Gasteiger partial charge in [-0.15, -0.1) is 12.4 Å². The third-order valence-corrected chi connectivity index (χ3v) is 9.82. The Labute approximate surface area is 257 Å². The second-order valence-electron chi connectivity index (χ2n) is 9.66. The van der Waals surface area contributed by atoms with Crippen molar-refractivity contribution in [1.29, 1.82) is 0 Å². The summed E-state index contributed by atoms with van der Waals surface area (Å²) in [4.78, 5) is 22.8. The van der Waals surface area contributed by atoms with E-state index < -0.39 is 10.0 Å². The van der Waals surface area contributed by atoms with Crippen molar-refractivity contribution in [3.8, 4) is 5.75 Å². The number of para-hydroxylation sites is 1. The predicted octanol–water partition coefficient (Wildman–Crippen LogP) is 5.31. The second-order valence-corrected chi connectivity index (χ2v) is 12.6. The maximum Gasteiger partial charge on any atom is 0.264 e. The molecule has 4 aromatic rings. The number of carbonyl (C=O) groups excluding carboxylic acids is 1. The lowest BCUT2D eigenvalue weighted by molar-refractivity contribution is 0.0376. The molecule has 9 nitrogen and oxygen atoms in total. The summed E-state index contributed by atoms with van der Waals surface area (Å²) in [5.74, 6) is 0.536. The van der Waals surface area contributed by atoms with Gasteiger partial charge in [-0.05, 0) is 67.9 Å². The molecule has 0 bridgehead atoms. The van der Waals surface area contributed by atoms with Crippen molar-refractivity contribution in [3.05, 3.63) is 78.4 Å². The number of benzene rings is 3. The highest BCUT2D eigenvalue weighted by atomic mass is 35.5. The van der Waals surface area contributed by atoms with Crippen LogP contribution in [-0.2, 0) is 14.8 Å². The Kier molecular flexibility index (Phi) is 10.8. The van der Waals surface area contributed by atoms with Gasteiger partial charge in [0.25, 0.3) is 15.9 Å². The summed E-state index contributed by atoms with van der Waals surface area (Å²) in [6.45, 7) is 7.02. The van der Waals surface area contributed by atoms with Gasteiger partial charge >= 0.3 is 0 Å². The molecular weight excluding hydrogens is 596 g/mol. The molecule has 0 aliphatic carbocycles. The lowest BCUT2D eigenvalue weighted by Gasteiger charge is -2.27. The molecule has 0 saturated carbocycles. The van der Waals surface area contributed by atoms with E-state index in [0.717, 1.165) is 55.2 Å². The van der Waals surface area contributed by atoms with Gasteiger partial charge in [-0.1, -0.05) is 29.5 Å². The number of morpholine rings is 1. The monoisotopic (exact) mass is 630 g/mol. The molecule has 1 saturated heterocycles. The molecule has 1 aromatic heterocycles. The number of sulfonamides is 1. The van der Waals surface area contributed by atoms with Crippen LogP contribution in [0, 0.1) is 0 Å². The zero-order valence-corrected chi connectivity index (χ0v) is 26.1. The highest BCUT2D eigenvalue weighted by molar-refractivity contribution is 7.92. The predicted molar refractivity (Wildman–Crippen MR) is 170 cm³/mol. The highest BCUT2D eigenvalue weighted by Crippen LogP contribution is 2.33. The Morgan fingerprint density at radius 2 is 1.76 bits per heavy atom. The van der Waals surface area contributed by atoms with E-state index in [1.54, 1.807) is 41.3 Å². The number of anilines is 2. The van der Waals surface area contributed by atoms with Crippen molar-refractivity contribution in [2.45, 2.75) is 18.2 Å². The van der Waals surface area contributed by atoms with Crippen molar-refractivity contribution in [1.82, 2.24) is 9.88 Å². The van der Waals surface area contributed by atoms with Crippen molar-refractivity contribution in [3.63, 3.8) is 0 Å². The molecule has 1 aliphatic rings. The van der Waals surface area contributed by atoms with E-state index in [2.05, 4.69) is 4.90 Å². The summed E-state index contributed by atoms with van der Waals surface area (Å²) >= 11 is 1.44. The van der Waals surface area contributed by atoms with Crippen LogP contribution in [-0.4, -0.2) is 77.3 Å². The molecule has 224 valence electrons. The molecule has 42 heavy (non-hydrogen) atoms. The van der Waals surface area contributed by atoms with E-state index in [0.29, 0.717) is 29.5 Å². The van der Waals surface area contributed by atoms with E-state index >= 15 is 0 Å². The first-order chi connectivity index (χ1) is 19.9. The maximum atomic E-state index is 13.9. The summed E-state index contributed by atoms with van der Waals surface area (Å²) in [5.41, 5.74) is 1.75. The lowest BCUT2D eigenvalue weighted by atomic mass is 10.2. The molecule has 2 heterocycles. The number of fused-ring (bicyclic) bond motifs is 1. The fourth-order valence-corrected chi connectivity index (χ4v) is 6.90.